The minimum Gasteiger partial charge on any atom is -0.493 e. The highest BCUT2D eigenvalue weighted by Gasteiger charge is 2.33. The second kappa shape index (κ2) is 12.7. The number of carbonyl (C=O) groups is 1. The van der Waals surface area contributed by atoms with Crippen molar-refractivity contribution in [1.29, 1.82) is 0 Å². The van der Waals surface area contributed by atoms with Gasteiger partial charge in [0, 0.05) is 32.0 Å². The van der Waals surface area contributed by atoms with Crippen LogP contribution >= 0.6 is 0 Å². The molecule has 39 heavy (non-hydrogen) atoms. The number of aryl methyl sites for hydroxylation is 1. The average Bonchev–Trinajstić information content (AvgIpc) is 3.52. The van der Waals surface area contributed by atoms with Gasteiger partial charge in [-0.2, -0.15) is 0 Å². The third-order valence-electron chi connectivity index (χ3n) is 7.36. The number of benzene rings is 3. The molecule has 0 spiro atoms. The summed E-state index contributed by atoms with van der Waals surface area (Å²) in [4.78, 5) is 19.9. The quantitative estimate of drug-likeness (QED) is 0.199. The minimum absolute atomic E-state index is 0.108. The van der Waals surface area contributed by atoms with Crippen LogP contribution in [-0.2, 0) is 17.8 Å². The summed E-state index contributed by atoms with van der Waals surface area (Å²) in [6.45, 7) is 4.91. The predicted molar refractivity (Wildman–Crippen MR) is 156 cm³/mol. The molecule has 0 aliphatic carbocycles. The van der Waals surface area contributed by atoms with Gasteiger partial charge in [-0.05, 0) is 61.6 Å². The van der Waals surface area contributed by atoms with Crippen molar-refractivity contribution >= 4 is 23.0 Å². The van der Waals surface area contributed by atoms with Crippen LogP contribution in [0.4, 0.5) is 0 Å². The van der Waals surface area contributed by atoms with Gasteiger partial charge in [0.1, 0.15) is 5.82 Å². The first-order valence-electron chi connectivity index (χ1n) is 13.9. The highest BCUT2D eigenvalue weighted by atomic mass is 16.5. The Hall–Kier alpha value is -4.06. The SMILES string of the molecule is C/C=C/c1ccc(OCCCCn2c(C3CC(=O)N(CCc4ccccc4)C3)nc3ccccc32)c(OC)c1. The number of unbranched alkanes of at least 4 members (excludes halogenated alkanes) is 1. The summed E-state index contributed by atoms with van der Waals surface area (Å²) in [6.07, 6.45) is 7.29. The van der Waals surface area contributed by atoms with Crippen LogP contribution < -0.4 is 9.47 Å². The molecule has 202 valence electrons. The Morgan fingerprint density at radius 2 is 1.79 bits per heavy atom. The molecule has 4 aromatic rings. The number of fused-ring (bicyclic) bond motifs is 1. The summed E-state index contributed by atoms with van der Waals surface area (Å²) in [7, 11) is 1.67. The zero-order valence-corrected chi connectivity index (χ0v) is 22.9. The lowest BCUT2D eigenvalue weighted by Crippen LogP contribution is -2.27. The number of allylic oxidation sites excluding steroid dienone is 1. The van der Waals surface area contributed by atoms with E-state index in [-0.39, 0.29) is 11.8 Å². The maximum absolute atomic E-state index is 12.9. The number of likely N-dealkylation sites (tertiary alicyclic amines) is 1. The summed E-state index contributed by atoms with van der Waals surface area (Å²) >= 11 is 0. The molecule has 1 fully saturated rings. The van der Waals surface area contributed by atoms with Gasteiger partial charge in [-0.1, -0.05) is 60.7 Å². The Morgan fingerprint density at radius 3 is 2.62 bits per heavy atom. The van der Waals surface area contributed by atoms with Gasteiger partial charge in [0.05, 0.1) is 24.8 Å². The molecule has 1 amide bonds. The van der Waals surface area contributed by atoms with Gasteiger partial charge in [-0.3, -0.25) is 4.79 Å². The van der Waals surface area contributed by atoms with E-state index in [0.29, 0.717) is 13.0 Å². The van der Waals surface area contributed by atoms with Crippen molar-refractivity contribution in [1.82, 2.24) is 14.5 Å². The van der Waals surface area contributed by atoms with Crippen LogP contribution in [0.5, 0.6) is 11.5 Å². The Labute approximate surface area is 230 Å². The summed E-state index contributed by atoms with van der Waals surface area (Å²) in [5, 5.41) is 0. The van der Waals surface area contributed by atoms with E-state index in [9.17, 15) is 4.79 Å². The number of methoxy groups -OCH3 is 1. The van der Waals surface area contributed by atoms with Gasteiger partial charge < -0.3 is 18.9 Å². The van der Waals surface area contributed by atoms with Crippen LogP contribution in [0.1, 0.15) is 49.1 Å². The van der Waals surface area contributed by atoms with Gasteiger partial charge in [0.25, 0.3) is 0 Å². The van der Waals surface area contributed by atoms with Gasteiger partial charge in [0.2, 0.25) is 5.91 Å². The Balaban J connectivity index is 1.21. The number of aromatic nitrogens is 2. The van der Waals surface area contributed by atoms with Crippen LogP contribution in [0.25, 0.3) is 17.1 Å². The predicted octanol–water partition coefficient (Wildman–Crippen LogP) is 6.50. The first-order chi connectivity index (χ1) is 19.2. The molecule has 1 unspecified atom stereocenters. The van der Waals surface area contributed by atoms with Crippen LogP contribution in [0.15, 0.2) is 78.9 Å². The van der Waals surface area contributed by atoms with Crippen molar-refractivity contribution in [2.45, 2.75) is 45.1 Å². The largest absolute Gasteiger partial charge is 0.493 e. The molecule has 0 bridgehead atoms. The number of rotatable bonds is 12. The summed E-state index contributed by atoms with van der Waals surface area (Å²) in [5.74, 6) is 2.86. The first-order valence-corrected chi connectivity index (χ1v) is 13.9. The van der Waals surface area contributed by atoms with Crippen molar-refractivity contribution in [2.24, 2.45) is 0 Å². The van der Waals surface area contributed by atoms with E-state index in [1.54, 1.807) is 7.11 Å². The number of ether oxygens (including phenoxy) is 2. The van der Waals surface area contributed by atoms with E-state index < -0.39 is 0 Å². The van der Waals surface area contributed by atoms with Gasteiger partial charge in [-0.25, -0.2) is 4.98 Å². The van der Waals surface area contributed by atoms with Crippen molar-refractivity contribution in [3.63, 3.8) is 0 Å². The molecular formula is C33H37N3O3. The van der Waals surface area contributed by atoms with E-state index in [2.05, 4.69) is 47.0 Å². The lowest BCUT2D eigenvalue weighted by molar-refractivity contribution is -0.127. The third kappa shape index (κ3) is 6.33. The van der Waals surface area contributed by atoms with E-state index in [4.69, 9.17) is 14.5 Å². The van der Waals surface area contributed by atoms with E-state index >= 15 is 0 Å². The fourth-order valence-corrected chi connectivity index (χ4v) is 5.36. The summed E-state index contributed by atoms with van der Waals surface area (Å²) in [5.41, 5.74) is 4.47. The number of carbonyl (C=O) groups excluding carboxylic acids is 1. The Morgan fingerprint density at radius 1 is 0.974 bits per heavy atom. The van der Waals surface area contributed by atoms with Crippen molar-refractivity contribution in [3.8, 4) is 11.5 Å². The highest BCUT2D eigenvalue weighted by Crippen LogP contribution is 2.31. The molecule has 0 radical (unpaired) electrons. The van der Waals surface area contributed by atoms with Crippen molar-refractivity contribution < 1.29 is 14.3 Å². The maximum Gasteiger partial charge on any atom is 0.223 e. The molecule has 0 N–H and O–H groups in total. The maximum atomic E-state index is 12.9. The molecule has 2 heterocycles. The highest BCUT2D eigenvalue weighted by molar-refractivity contribution is 5.81. The number of imidazole rings is 1. The normalized spacial score (nSPS) is 15.5. The molecule has 1 aliphatic heterocycles. The van der Waals surface area contributed by atoms with Gasteiger partial charge in [0.15, 0.2) is 11.5 Å². The topological polar surface area (TPSA) is 56.6 Å². The third-order valence-corrected chi connectivity index (χ3v) is 7.36. The Bertz CT molecular complexity index is 1430. The molecule has 1 aromatic heterocycles. The summed E-state index contributed by atoms with van der Waals surface area (Å²) < 4.78 is 13.9. The smallest absolute Gasteiger partial charge is 0.223 e. The molecule has 1 saturated heterocycles. The lowest BCUT2D eigenvalue weighted by Gasteiger charge is -2.17. The van der Waals surface area contributed by atoms with Gasteiger partial charge in [-0.15, -0.1) is 0 Å². The lowest BCUT2D eigenvalue weighted by atomic mass is 10.1. The molecule has 1 aliphatic rings. The molecular weight excluding hydrogens is 486 g/mol. The van der Waals surface area contributed by atoms with Crippen LogP contribution in [0.2, 0.25) is 0 Å². The molecule has 1 atom stereocenters. The zero-order chi connectivity index (χ0) is 27.0. The van der Waals surface area contributed by atoms with E-state index in [1.165, 1.54) is 5.56 Å². The number of amides is 1. The second-order valence-electron chi connectivity index (χ2n) is 10.1. The molecule has 0 saturated carbocycles. The van der Waals surface area contributed by atoms with Gasteiger partial charge >= 0.3 is 0 Å². The first kappa shape index (κ1) is 26.5. The molecule has 6 heteroatoms. The molecule has 6 nitrogen and oxygen atoms in total. The Kier molecular flexibility index (Phi) is 8.61. The number of hydrogen-bond acceptors (Lipinski definition) is 4. The standard InChI is InChI=1S/C33H37N3O3/c1-3-11-26-16-17-30(31(22-26)38-2)39-21-10-9-19-36-29-15-8-7-14-28(29)34-33(36)27-23-32(37)35(24-27)20-18-25-12-5-4-6-13-25/h3-8,11-17,22,27H,9-10,18-21,23-24H2,1-2H3/b11-3+. The number of hydrogen-bond donors (Lipinski definition) is 0. The van der Waals surface area contributed by atoms with E-state index in [0.717, 1.165) is 72.8 Å². The minimum atomic E-state index is 0.108. The summed E-state index contributed by atoms with van der Waals surface area (Å²) in [6, 6.07) is 24.6. The van der Waals surface area contributed by atoms with Crippen molar-refractivity contribution in [3.05, 3.63) is 95.8 Å². The van der Waals surface area contributed by atoms with E-state index in [1.807, 2.05) is 54.3 Å². The fraction of sp³-hybridized carbons (Fsp3) is 0.333. The van der Waals surface area contributed by atoms with Crippen molar-refractivity contribution in [2.75, 3.05) is 26.8 Å². The fourth-order valence-electron chi connectivity index (χ4n) is 5.36. The second-order valence-corrected chi connectivity index (χ2v) is 10.1. The molecule has 5 rings (SSSR count). The molecule has 3 aromatic carbocycles. The van der Waals surface area contributed by atoms with Crippen LogP contribution in [0, 0.1) is 0 Å². The number of para-hydroxylation sites is 2. The zero-order valence-electron chi connectivity index (χ0n) is 22.9. The van der Waals surface area contributed by atoms with Crippen LogP contribution in [-0.4, -0.2) is 47.2 Å². The average molecular weight is 524 g/mol. The number of nitrogens with zero attached hydrogens (tertiary/aromatic N) is 3. The van der Waals surface area contributed by atoms with Crippen LogP contribution in [0.3, 0.4) is 0 Å². The monoisotopic (exact) mass is 523 g/mol.